The first-order valence-corrected chi connectivity index (χ1v) is 7.11. The number of rotatable bonds is 2. The molecule has 1 heterocycles. The van der Waals surface area contributed by atoms with Gasteiger partial charge in [0.05, 0.1) is 11.2 Å². The van der Waals surface area contributed by atoms with E-state index in [1.807, 2.05) is 24.3 Å². The van der Waals surface area contributed by atoms with Gasteiger partial charge in [0, 0.05) is 27.4 Å². The Labute approximate surface area is 126 Å². The highest BCUT2D eigenvalue weighted by Gasteiger charge is 2.05. The van der Waals surface area contributed by atoms with Gasteiger partial charge in [0.1, 0.15) is 0 Å². The number of nitrogens with zero attached hydrogens (tertiary/aromatic N) is 1. The zero-order valence-electron chi connectivity index (χ0n) is 11.0. The lowest BCUT2D eigenvalue weighted by Crippen LogP contribution is -1.95. The lowest BCUT2D eigenvalue weighted by atomic mass is 10.1. The minimum absolute atomic E-state index is 0.691. The van der Waals surface area contributed by atoms with Gasteiger partial charge in [-0.2, -0.15) is 0 Å². The fraction of sp³-hybridized carbons (Fsp3) is 0.0625. The summed E-state index contributed by atoms with van der Waals surface area (Å²) in [5.74, 6) is 0. The molecule has 0 fully saturated rings. The molecule has 0 amide bonds. The summed E-state index contributed by atoms with van der Waals surface area (Å²) in [7, 11) is 0. The number of aromatic nitrogens is 1. The molecule has 0 radical (unpaired) electrons. The fourth-order valence-corrected chi connectivity index (χ4v) is 2.51. The summed E-state index contributed by atoms with van der Waals surface area (Å²) < 4.78 is 1.08. The van der Waals surface area contributed by atoms with Gasteiger partial charge in [0.2, 0.25) is 0 Å². The minimum atomic E-state index is 0.691. The maximum Gasteiger partial charge on any atom is 0.0951 e. The molecule has 3 N–H and O–H groups in total. The molecule has 3 aromatic rings. The molecular formula is C16H14BrN3. The van der Waals surface area contributed by atoms with Crippen molar-refractivity contribution in [1.29, 1.82) is 0 Å². The van der Waals surface area contributed by atoms with Crippen LogP contribution in [-0.4, -0.2) is 4.98 Å². The van der Waals surface area contributed by atoms with Crippen molar-refractivity contribution in [2.75, 3.05) is 11.1 Å². The summed E-state index contributed by atoms with van der Waals surface area (Å²) in [6, 6.07) is 14.0. The molecule has 0 atom stereocenters. The smallest absolute Gasteiger partial charge is 0.0951 e. The number of hydrogen-bond acceptors (Lipinski definition) is 3. The molecule has 3 nitrogen and oxygen atoms in total. The van der Waals surface area contributed by atoms with Crippen molar-refractivity contribution in [3.8, 4) is 0 Å². The molecule has 0 spiro atoms. The van der Waals surface area contributed by atoms with E-state index in [-0.39, 0.29) is 0 Å². The maximum absolute atomic E-state index is 5.96. The van der Waals surface area contributed by atoms with Crippen LogP contribution in [0.15, 0.2) is 53.1 Å². The van der Waals surface area contributed by atoms with Crippen LogP contribution in [0.25, 0.3) is 10.9 Å². The topological polar surface area (TPSA) is 50.9 Å². The van der Waals surface area contributed by atoms with Crippen LogP contribution in [0.4, 0.5) is 17.1 Å². The van der Waals surface area contributed by atoms with Gasteiger partial charge >= 0.3 is 0 Å². The maximum atomic E-state index is 5.96. The van der Waals surface area contributed by atoms with E-state index in [0.717, 1.165) is 26.8 Å². The van der Waals surface area contributed by atoms with Crippen LogP contribution < -0.4 is 11.1 Å². The summed E-state index contributed by atoms with van der Waals surface area (Å²) in [4.78, 5) is 4.34. The number of anilines is 3. The molecule has 0 aliphatic rings. The van der Waals surface area contributed by atoms with Gasteiger partial charge < -0.3 is 11.1 Å². The first-order valence-electron chi connectivity index (χ1n) is 6.31. The highest BCUT2D eigenvalue weighted by Crippen LogP contribution is 2.29. The van der Waals surface area contributed by atoms with Crippen molar-refractivity contribution in [3.05, 3.63) is 58.7 Å². The molecule has 2 aromatic carbocycles. The molecule has 3 rings (SSSR count). The van der Waals surface area contributed by atoms with Crippen LogP contribution in [-0.2, 0) is 0 Å². The molecule has 0 saturated heterocycles. The lowest BCUT2D eigenvalue weighted by molar-refractivity contribution is 1.39. The zero-order chi connectivity index (χ0) is 14.1. The van der Waals surface area contributed by atoms with Crippen molar-refractivity contribution in [1.82, 2.24) is 4.98 Å². The number of nitrogen functional groups attached to an aromatic ring is 1. The number of para-hydroxylation sites is 1. The van der Waals surface area contributed by atoms with Gasteiger partial charge in [-0.15, -0.1) is 0 Å². The number of pyridine rings is 1. The van der Waals surface area contributed by atoms with Gasteiger partial charge in [-0.1, -0.05) is 34.1 Å². The summed E-state index contributed by atoms with van der Waals surface area (Å²) in [6.07, 6.45) is 1.77. The Bertz CT molecular complexity index is 784. The van der Waals surface area contributed by atoms with Crippen LogP contribution in [0.3, 0.4) is 0 Å². The summed E-state index contributed by atoms with van der Waals surface area (Å²) in [6.45, 7) is 2.07. The third-order valence-corrected chi connectivity index (χ3v) is 4.11. The van der Waals surface area contributed by atoms with E-state index in [2.05, 4.69) is 51.4 Å². The van der Waals surface area contributed by atoms with E-state index >= 15 is 0 Å². The first-order chi connectivity index (χ1) is 9.65. The molecule has 4 heteroatoms. The van der Waals surface area contributed by atoms with Crippen molar-refractivity contribution in [2.24, 2.45) is 0 Å². The molecular weight excluding hydrogens is 314 g/mol. The molecule has 0 aliphatic heterocycles. The fourth-order valence-electron chi connectivity index (χ4n) is 2.13. The number of nitrogens with two attached hydrogens (primary N) is 1. The monoisotopic (exact) mass is 327 g/mol. The molecule has 20 heavy (non-hydrogen) atoms. The number of hydrogen-bond donors (Lipinski definition) is 2. The van der Waals surface area contributed by atoms with E-state index in [1.165, 1.54) is 5.56 Å². The highest BCUT2D eigenvalue weighted by molar-refractivity contribution is 9.10. The van der Waals surface area contributed by atoms with E-state index in [0.29, 0.717) is 5.69 Å². The van der Waals surface area contributed by atoms with Crippen LogP contribution in [0.2, 0.25) is 0 Å². The van der Waals surface area contributed by atoms with E-state index in [4.69, 9.17) is 5.73 Å². The third-order valence-electron chi connectivity index (χ3n) is 3.25. The predicted octanol–water partition coefficient (Wildman–Crippen LogP) is 4.63. The second-order valence-corrected chi connectivity index (χ2v) is 5.55. The average Bonchev–Trinajstić information content (AvgIpc) is 2.44. The lowest BCUT2D eigenvalue weighted by Gasteiger charge is -2.11. The van der Waals surface area contributed by atoms with E-state index < -0.39 is 0 Å². The van der Waals surface area contributed by atoms with E-state index in [1.54, 1.807) is 6.20 Å². The Kier molecular flexibility index (Phi) is 3.32. The predicted molar refractivity (Wildman–Crippen MR) is 88.3 cm³/mol. The van der Waals surface area contributed by atoms with Crippen LogP contribution >= 0.6 is 15.9 Å². The normalized spacial score (nSPS) is 10.7. The number of aryl methyl sites for hydroxylation is 1. The summed E-state index contributed by atoms with van der Waals surface area (Å²) in [5, 5.41) is 4.43. The van der Waals surface area contributed by atoms with Gasteiger partial charge in [0.25, 0.3) is 0 Å². The van der Waals surface area contributed by atoms with Crippen LogP contribution in [0.5, 0.6) is 0 Å². The summed E-state index contributed by atoms with van der Waals surface area (Å²) >= 11 is 3.55. The van der Waals surface area contributed by atoms with Gasteiger partial charge in [-0.25, -0.2) is 0 Å². The minimum Gasteiger partial charge on any atom is -0.397 e. The molecule has 0 aliphatic carbocycles. The van der Waals surface area contributed by atoms with Crippen LogP contribution in [0.1, 0.15) is 5.56 Å². The summed E-state index contributed by atoms with van der Waals surface area (Å²) in [5.41, 5.74) is 10.7. The number of halogens is 1. The van der Waals surface area contributed by atoms with Crippen molar-refractivity contribution in [3.63, 3.8) is 0 Å². The quantitative estimate of drug-likeness (QED) is 0.674. The van der Waals surface area contributed by atoms with E-state index in [9.17, 15) is 0 Å². The van der Waals surface area contributed by atoms with Crippen molar-refractivity contribution in [2.45, 2.75) is 6.92 Å². The van der Waals surface area contributed by atoms with Crippen LogP contribution in [0, 0.1) is 6.92 Å². The third kappa shape index (κ3) is 2.34. The number of nitrogens with one attached hydrogen (secondary N) is 1. The molecule has 0 bridgehead atoms. The first kappa shape index (κ1) is 12.9. The molecule has 0 saturated carbocycles. The Morgan fingerprint density at radius 1 is 1.15 bits per heavy atom. The number of benzene rings is 2. The number of fused-ring (bicyclic) bond motifs is 1. The second kappa shape index (κ2) is 5.13. The van der Waals surface area contributed by atoms with Gasteiger partial charge in [0.15, 0.2) is 0 Å². The SMILES string of the molecule is Cc1ccc(Nc2ccnc3c(N)cccc23)cc1Br. The molecule has 100 valence electrons. The Balaban J connectivity index is 2.06. The Morgan fingerprint density at radius 3 is 2.80 bits per heavy atom. The Hall–Kier alpha value is -2.07. The average molecular weight is 328 g/mol. The van der Waals surface area contributed by atoms with Crippen molar-refractivity contribution >= 4 is 43.9 Å². The zero-order valence-corrected chi connectivity index (χ0v) is 12.6. The Morgan fingerprint density at radius 2 is 2.00 bits per heavy atom. The largest absolute Gasteiger partial charge is 0.397 e. The molecule has 1 aromatic heterocycles. The highest BCUT2D eigenvalue weighted by atomic mass is 79.9. The standard InChI is InChI=1S/C16H14BrN3/c1-10-5-6-11(9-13(10)17)20-15-7-8-19-16-12(15)3-2-4-14(16)18/h2-9H,18H2,1H3,(H,19,20). The van der Waals surface area contributed by atoms with Gasteiger partial charge in [-0.05, 0) is 36.8 Å². The van der Waals surface area contributed by atoms with Gasteiger partial charge in [-0.3, -0.25) is 4.98 Å². The molecule has 0 unspecified atom stereocenters. The van der Waals surface area contributed by atoms with Crippen molar-refractivity contribution < 1.29 is 0 Å². The second-order valence-electron chi connectivity index (χ2n) is 4.69.